The summed E-state index contributed by atoms with van der Waals surface area (Å²) in [5, 5.41) is 19.8. The number of carbonyl (C=O) groups is 3. The average molecular weight is 476 g/mol. The minimum absolute atomic E-state index is 0.00635. The van der Waals surface area contributed by atoms with Crippen molar-refractivity contribution < 1.29 is 19.1 Å². The molecule has 2 heterocycles. The molecule has 2 aromatic rings. The van der Waals surface area contributed by atoms with Crippen molar-refractivity contribution in [1.29, 1.82) is 5.26 Å². The van der Waals surface area contributed by atoms with Crippen LogP contribution >= 0.6 is 0 Å². The van der Waals surface area contributed by atoms with Gasteiger partial charge in [-0.25, -0.2) is 0 Å². The number of amides is 3. The number of nitrogens with one attached hydrogen (secondary N) is 4. The van der Waals surface area contributed by atoms with Crippen LogP contribution in [0.3, 0.4) is 0 Å². The molecule has 2 bridgehead atoms. The van der Waals surface area contributed by atoms with Crippen molar-refractivity contribution in [3.8, 4) is 11.8 Å². The van der Waals surface area contributed by atoms with Gasteiger partial charge in [-0.05, 0) is 55.2 Å². The highest BCUT2D eigenvalue weighted by Crippen LogP contribution is 2.58. The largest absolute Gasteiger partial charge is 0.496 e. The summed E-state index contributed by atoms with van der Waals surface area (Å²) in [7, 11) is 1.58. The van der Waals surface area contributed by atoms with E-state index in [4.69, 9.17) is 4.74 Å². The first kappa shape index (κ1) is 22.0. The molecular weight excluding hydrogens is 446 g/mol. The highest BCUT2D eigenvalue weighted by atomic mass is 16.5. The number of benzene rings is 1. The third-order valence-electron chi connectivity index (χ3n) is 8.61. The number of methoxy groups -OCH3 is 1. The maximum absolute atomic E-state index is 13.5. The second-order valence-corrected chi connectivity index (χ2v) is 10.6. The maximum atomic E-state index is 13.5. The Morgan fingerprint density at radius 3 is 2.91 bits per heavy atom. The Balaban J connectivity index is 1.21. The first-order chi connectivity index (χ1) is 16.9. The van der Waals surface area contributed by atoms with Gasteiger partial charge in [0.15, 0.2) is 0 Å². The molecule has 9 nitrogen and oxygen atoms in total. The number of nitrogens with zero attached hydrogens (tertiary/aromatic N) is 1. The van der Waals surface area contributed by atoms with E-state index in [0.29, 0.717) is 36.7 Å². The second-order valence-electron chi connectivity index (χ2n) is 10.6. The standard InChI is InChI=1S/C26H29N5O4/c1-35-21-4-2-3-18-15(21)9-20(29-18)23(32)30-19(7-13-5-6-13)24(33)31-26(12-27)10-14-8-17(26)22-16(14)11-28-25(22)34/h2-4,9,13-14,16-17,19,22,29H,5-8,10-11H2,1H3,(H,28,34)(H,30,32)(H,31,33)/t14?,16-,17?,19-,22-,26+/m0/s1. The van der Waals surface area contributed by atoms with Gasteiger partial charge in [0.2, 0.25) is 11.8 Å². The number of hydrogen-bond donors (Lipinski definition) is 4. The Labute approximate surface area is 203 Å². The van der Waals surface area contributed by atoms with E-state index in [1.54, 1.807) is 13.2 Å². The number of H-pyrrole nitrogens is 1. The van der Waals surface area contributed by atoms with Crippen molar-refractivity contribution in [1.82, 2.24) is 20.9 Å². The smallest absolute Gasteiger partial charge is 0.268 e. The zero-order valence-electron chi connectivity index (χ0n) is 19.6. The van der Waals surface area contributed by atoms with Crippen molar-refractivity contribution in [3.05, 3.63) is 30.0 Å². The van der Waals surface area contributed by atoms with E-state index in [1.165, 1.54) is 0 Å². The molecule has 182 valence electrons. The lowest BCUT2D eigenvalue weighted by molar-refractivity contribution is -0.128. The van der Waals surface area contributed by atoms with Gasteiger partial charge in [0, 0.05) is 29.3 Å². The topological polar surface area (TPSA) is 136 Å². The van der Waals surface area contributed by atoms with Crippen LogP contribution in [-0.4, -0.2) is 47.9 Å². The molecule has 1 aromatic carbocycles. The van der Waals surface area contributed by atoms with Gasteiger partial charge in [0.1, 0.15) is 23.0 Å². The number of nitriles is 1. The predicted molar refractivity (Wildman–Crippen MR) is 126 cm³/mol. The van der Waals surface area contributed by atoms with Crippen LogP contribution in [0.5, 0.6) is 5.75 Å². The lowest BCUT2D eigenvalue weighted by atomic mass is 9.71. The highest BCUT2D eigenvalue weighted by molar-refractivity contribution is 6.01. The lowest BCUT2D eigenvalue weighted by Crippen LogP contribution is -2.59. The fourth-order valence-corrected chi connectivity index (χ4v) is 6.74. The minimum atomic E-state index is -1.06. The molecule has 3 saturated carbocycles. The van der Waals surface area contributed by atoms with Gasteiger partial charge < -0.3 is 25.7 Å². The molecule has 3 aliphatic carbocycles. The number of ether oxygens (including phenoxy) is 1. The summed E-state index contributed by atoms with van der Waals surface area (Å²) in [4.78, 5) is 42.2. The number of hydrogen-bond acceptors (Lipinski definition) is 5. The highest BCUT2D eigenvalue weighted by Gasteiger charge is 2.65. The van der Waals surface area contributed by atoms with Crippen LogP contribution in [0.2, 0.25) is 0 Å². The quantitative estimate of drug-likeness (QED) is 0.485. The molecule has 6 rings (SSSR count). The number of rotatable bonds is 7. The maximum Gasteiger partial charge on any atom is 0.268 e. The first-order valence-corrected chi connectivity index (χ1v) is 12.4. The summed E-state index contributed by atoms with van der Waals surface area (Å²) in [6, 6.07) is 8.87. The predicted octanol–water partition coefficient (Wildman–Crippen LogP) is 1.86. The van der Waals surface area contributed by atoms with Gasteiger partial charge in [-0.1, -0.05) is 18.9 Å². The molecule has 4 aliphatic rings. The molecule has 0 radical (unpaired) electrons. The number of fused-ring (bicyclic) bond motifs is 6. The molecule has 0 spiro atoms. The summed E-state index contributed by atoms with van der Waals surface area (Å²) in [5.41, 5.74) is 0.0528. The Kier molecular flexibility index (Phi) is 5.02. The number of aromatic nitrogens is 1. The summed E-state index contributed by atoms with van der Waals surface area (Å²) >= 11 is 0. The fraction of sp³-hybridized carbons (Fsp3) is 0.538. The van der Waals surface area contributed by atoms with Crippen molar-refractivity contribution in [2.75, 3.05) is 13.7 Å². The molecule has 4 N–H and O–H groups in total. The Morgan fingerprint density at radius 1 is 1.34 bits per heavy atom. The Hall–Kier alpha value is -3.54. The fourth-order valence-electron chi connectivity index (χ4n) is 6.74. The van der Waals surface area contributed by atoms with E-state index < -0.39 is 11.6 Å². The molecule has 1 saturated heterocycles. The lowest BCUT2D eigenvalue weighted by Gasteiger charge is -2.37. The number of aromatic amines is 1. The molecule has 9 heteroatoms. The van der Waals surface area contributed by atoms with Gasteiger partial charge in [-0.15, -0.1) is 0 Å². The zero-order chi connectivity index (χ0) is 24.3. The molecule has 35 heavy (non-hydrogen) atoms. The Bertz CT molecular complexity index is 1260. The van der Waals surface area contributed by atoms with Crippen LogP contribution in [0.4, 0.5) is 0 Å². The van der Waals surface area contributed by atoms with Crippen LogP contribution in [-0.2, 0) is 9.59 Å². The van der Waals surface area contributed by atoms with Crippen molar-refractivity contribution >= 4 is 28.6 Å². The van der Waals surface area contributed by atoms with Gasteiger partial charge in [0.05, 0.1) is 13.2 Å². The van der Waals surface area contributed by atoms with E-state index in [9.17, 15) is 19.6 Å². The van der Waals surface area contributed by atoms with Crippen molar-refractivity contribution in [2.24, 2.45) is 29.6 Å². The van der Waals surface area contributed by atoms with Crippen LogP contribution in [0, 0.1) is 40.9 Å². The summed E-state index contributed by atoms with van der Waals surface area (Å²) in [6.07, 6.45) is 3.93. The number of carbonyl (C=O) groups excluding carboxylic acids is 3. The van der Waals surface area contributed by atoms with Gasteiger partial charge in [0.25, 0.3) is 5.91 Å². The van der Waals surface area contributed by atoms with E-state index in [-0.39, 0.29) is 41.4 Å². The molecule has 6 atom stereocenters. The molecule has 2 unspecified atom stereocenters. The SMILES string of the molecule is COc1cccc2[nH]c(C(=O)N[C@@H](CC3CC3)C(=O)N[C@@]3(C#N)CC4CC3[C@H]3C(=O)NC[C@@H]43)cc12. The molecule has 1 aliphatic heterocycles. The Morgan fingerprint density at radius 2 is 2.17 bits per heavy atom. The summed E-state index contributed by atoms with van der Waals surface area (Å²) in [5.74, 6) is 0.422. The second kappa shape index (κ2) is 8.01. The van der Waals surface area contributed by atoms with Crippen molar-refractivity contribution in [3.63, 3.8) is 0 Å². The van der Waals surface area contributed by atoms with E-state index in [0.717, 1.165) is 30.2 Å². The third-order valence-corrected chi connectivity index (χ3v) is 8.61. The van der Waals surface area contributed by atoms with Crippen LogP contribution in [0.25, 0.3) is 10.9 Å². The summed E-state index contributed by atoms with van der Waals surface area (Å²) < 4.78 is 5.39. The normalized spacial score (nSPS) is 31.5. The van der Waals surface area contributed by atoms with Gasteiger partial charge in [-0.3, -0.25) is 14.4 Å². The molecule has 4 fully saturated rings. The van der Waals surface area contributed by atoms with Crippen LogP contribution in [0.15, 0.2) is 24.3 Å². The molecule has 1 aromatic heterocycles. The van der Waals surface area contributed by atoms with E-state index in [2.05, 4.69) is 27.0 Å². The zero-order valence-corrected chi connectivity index (χ0v) is 19.6. The average Bonchev–Trinajstić information content (AvgIpc) is 3.18. The van der Waals surface area contributed by atoms with Crippen molar-refractivity contribution in [2.45, 2.75) is 43.7 Å². The van der Waals surface area contributed by atoms with Gasteiger partial charge >= 0.3 is 0 Å². The molecule has 3 amide bonds. The third kappa shape index (κ3) is 3.54. The van der Waals surface area contributed by atoms with E-state index in [1.807, 2.05) is 18.2 Å². The first-order valence-electron chi connectivity index (χ1n) is 12.4. The van der Waals surface area contributed by atoms with Crippen LogP contribution < -0.4 is 20.7 Å². The minimum Gasteiger partial charge on any atom is -0.496 e. The van der Waals surface area contributed by atoms with Gasteiger partial charge in [-0.2, -0.15) is 5.26 Å². The summed E-state index contributed by atoms with van der Waals surface area (Å²) in [6.45, 7) is 0.662. The monoisotopic (exact) mass is 475 g/mol. The van der Waals surface area contributed by atoms with Crippen LogP contribution in [0.1, 0.15) is 42.6 Å². The van der Waals surface area contributed by atoms with E-state index >= 15 is 0 Å². The molecular formula is C26H29N5O4.